The Bertz CT molecular complexity index is 3750. The first-order valence-corrected chi connectivity index (χ1v) is 38.1. The number of aliphatic carboxylic acids is 1. The lowest BCUT2D eigenvalue weighted by Gasteiger charge is -2.35. The van der Waals surface area contributed by atoms with Crippen LogP contribution in [0.1, 0.15) is 112 Å². The van der Waals surface area contributed by atoms with Gasteiger partial charge in [-0.05, 0) is 149 Å². The second-order valence-electron chi connectivity index (χ2n) is 26.7. The normalized spacial score (nSPS) is 20.0. The molecule has 2 aliphatic rings. The first-order chi connectivity index (χ1) is 49.4. The summed E-state index contributed by atoms with van der Waals surface area (Å²) in [6.07, 6.45) is -1.10. The number of carboxylic acids is 1. The summed E-state index contributed by atoms with van der Waals surface area (Å²) in [4.78, 5) is 130. The number of ketones is 1. The van der Waals surface area contributed by atoms with Gasteiger partial charge in [0, 0.05) is 36.8 Å². The summed E-state index contributed by atoms with van der Waals surface area (Å²) in [7, 11) is 1.97. The standard InChI is InChI=1S/C78H94N8O14S3/c1-49(87)67-74(96)84-65(73(95)86-68(50(2)88)75(97)98)48-103-102-47-64(83-71(93)62(44-51-23-10-6-11-24-51)79-41-22-42-101-78(56-26-12-7-13-27-56,57-28-14-8-15-29-57)58-30-16-9-17-31-58)66(90)46-55(43-52-34-38-59(89)39-35-52)69(91)82-63(45-54-37-36-53-25-18-19-32-60(53)54)72(94)81-61(70(92)85-67)33-20-21-40-80-76(99)100-77(3,4)5/h6-19,23-32,34-35,37-39,49-50,55,61-65,67-68,79,87-89H,20-22,33,36,40-48H2,1-5H3,(H,80,99)(H,81,94)(H,82,91)(H,83,93)(H,84,96)(H,85,92)(H,86,95)(H,97,98)/t49-,50-,55-,61+,62-,63-,64+,65+,67+,68+/m1/s1. The Balaban J connectivity index is 1.14. The van der Waals surface area contributed by atoms with Crippen molar-refractivity contribution in [3.05, 3.63) is 215 Å². The van der Waals surface area contributed by atoms with Gasteiger partial charge in [0.05, 0.1) is 29.0 Å². The molecule has 548 valence electrons. The molecule has 0 bridgehead atoms. The van der Waals surface area contributed by atoms with Gasteiger partial charge in [-0.1, -0.05) is 185 Å². The topological polar surface area (TPSA) is 340 Å². The van der Waals surface area contributed by atoms with Gasteiger partial charge in [-0.2, -0.15) is 0 Å². The molecule has 0 saturated carbocycles. The number of hydrogen-bond donors (Lipinski definition) is 12. The molecule has 1 aliphatic heterocycles. The number of ether oxygens (including phenoxy) is 1. The van der Waals surface area contributed by atoms with Gasteiger partial charge in [0.2, 0.25) is 35.4 Å². The van der Waals surface area contributed by atoms with Crippen molar-refractivity contribution in [1.29, 1.82) is 0 Å². The van der Waals surface area contributed by atoms with Crippen molar-refractivity contribution in [2.24, 2.45) is 5.92 Å². The monoisotopic (exact) mass is 1460 g/mol. The number of carbonyl (C=O) groups is 9. The molecule has 0 radical (unpaired) electrons. The van der Waals surface area contributed by atoms with Crippen LogP contribution in [0.4, 0.5) is 4.79 Å². The van der Waals surface area contributed by atoms with Crippen LogP contribution in [0.3, 0.4) is 0 Å². The minimum Gasteiger partial charge on any atom is -0.508 e. The third-order valence-corrected chi connectivity index (χ3v) is 21.7. The van der Waals surface area contributed by atoms with E-state index in [2.05, 4.69) is 78.9 Å². The SMILES string of the molecule is C[C@@H](O)[C@H](NC(=O)[C@@H]1CSSC[C@H](NC(=O)[C@@H](Cc2ccccc2)NCCCSC(c2ccccc2)(c2ccccc2)c2ccccc2)C(=O)C[C@@H](Cc2ccc(O)cc2)C(=O)N[C@H](CC2=CCc3ccccc32)C(=O)N[C@@H](CCCCNC(=O)OC(C)(C)C)C(=O)N[C@@H]([C@@H](C)O)C(=O)N1)C(=O)O. The second kappa shape index (κ2) is 39.1. The summed E-state index contributed by atoms with van der Waals surface area (Å²) in [5.74, 6) is -8.67. The van der Waals surface area contributed by atoms with Gasteiger partial charge in [0.15, 0.2) is 11.8 Å². The van der Waals surface area contributed by atoms with Gasteiger partial charge in [0.1, 0.15) is 35.5 Å². The number of carboxylic acid groups (broad SMARTS) is 1. The number of nitrogens with one attached hydrogen (secondary N) is 8. The van der Waals surface area contributed by atoms with E-state index in [0.29, 0.717) is 36.3 Å². The Morgan fingerprint density at radius 1 is 0.641 bits per heavy atom. The average molecular weight is 1460 g/mol. The molecule has 6 aromatic rings. The van der Waals surface area contributed by atoms with E-state index in [9.17, 15) is 44.4 Å². The highest BCUT2D eigenvalue weighted by Crippen LogP contribution is 2.48. The predicted molar refractivity (Wildman–Crippen MR) is 401 cm³/mol. The molecule has 10 atom stereocenters. The van der Waals surface area contributed by atoms with Crippen molar-refractivity contribution in [3.63, 3.8) is 0 Å². The molecule has 25 heteroatoms. The molecular formula is C78H94N8O14S3. The van der Waals surface area contributed by atoms with Gasteiger partial charge in [-0.25, -0.2) is 9.59 Å². The van der Waals surface area contributed by atoms with Gasteiger partial charge < -0.3 is 67.7 Å². The van der Waals surface area contributed by atoms with Gasteiger partial charge >= 0.3 is 12.1 Å². The maximum absolute atomic E-state index is 15.5. The number of amides is 7. The number of aliphatic hydroxyl groups is 2. The third-order valence-electron chi connectivity index (χ3n) is 17.6. The molecule has 0 spiro atoms. The van der Waals surface area contributed by atoms with Crippen LogP contribution in [-0.4, -0.2) is 164 Å². The van der Waals surface area contributed by atoms with Crippen LogP contribution in [-0.2, 0) is 67.1 Å². The molecule has 1 heterocycles. The van der Waals surface area contributed by atoms with Gasteiger partial charge in [-0.15, -0.1) is 11.8 Å². The molecule has 12 N–H and O–H groups in total. The lowest BCUT2D eigenvalue weighted by atomic mass is 9.84. The second-order valence-corrected chi connectivity index (χ2v) is 30.6. The van der Waals surface area contributed by atoms with Gasteiger partial charge in [0.25, 0.3) is 0 Å². The van der Waals surface area contributed by atoms with Crippen molar-refractivity contribution >= 4 is 92.2 Å². The quantitative estimate of drug-likeness (QED) is 0.0133. The molecule has 7 amide bonds. The molecular weight excluding hydrogens is 1370 g/mol. The number of hydrogen-bond acceptors (Lipinski definition) is 17. The van der Waals surface area contributed by atoms with E-state index in [0.717, 1.165) is 61.9 Å². The van der Waals surface area contributed by atoms with Crippen molar-refractivity contribution in [3.8, 4) is 5.75 Å². The lowest BCUT2D eigenvalue weighted by Crippen LogP contribution is -2.62. The van der Waals surface area contributed by atoms with Crippen LogP contribution in [0, 0.1) is 5.92 Å². The highest BCUT2D eigenvalue weighted by Gasteiger charge is 2.40. The molecule has 1 aliphatic carbocycles. The highest BCUT2D eigenvalue weighted by molar-refractivity contribution is 8.76. The highest BCUT2D eigenvalue weighted by atomic mass is 33.1. The zero-order valence-electron chi connectivity index (χ0n) is 58.5. The number of aromatic hydroxyl groups is 1. The van der Waals surface area contributed by atoms with E-state index >= 15 is 19.2 Å². The number of phenolic OH excluding ortho intramolecular Hbond substituents is 1. The molecule has 1 fully saturated rings. The minimum absolute atomic E-state index is 0.0571. The summed E-state index contributed by atoms with van der Waals surface area (Å²) in [6.45, 7) is 7.94. The summed E-state index contributed by atoms with van der Waals surface area (Å²) in [6, 6.07) is 43.4. The number of phenols is 1. The van der Waals surface area contributed by atoms with E-state index in [1.807, 2.05) is 115 Å². The summed E-state index contributed by atoms with van der Waals surface area (Å²) >= 11 is 1.78. The third kappa shape index (κ3) is 23.8. The molecule has 22 nitrogen and oxygen atoms in total. The van der Waals surface area contributed by atoms with E-state index in [-0.39, 0.29) is 62.3 Å². The van der Waals surface area contributed by atoms with E-state index < -0.39 is 130 Å². The molecule has 8 rings (SSSR count). The van der Waals surface area contributed by atoms with Crippen LogP contribution in [0.15, 0.2) is 176 Å². The molecule has 0 unspecified atom stereocenters. The number of benzene rings is 6. The first kappa shape index (κ1) is 79.7. The molecule has 103 heavy (non-hydrogen) atoms. The maximum atomic E-state index is 15.5. The number of allylic oxidation sites excluding steroid dienone is 1. The molecule has 0 aromatic heterocycles. The number of unbranched alkanes of at least 4 members (excludes halogenated alkanes) is 1. The van der Waals surface area contributed by atoms with Crippen LogP contribution in [0.5, 0.6) is 5.75 Å². The average Bonchev–Trinajstić information content (AvgIpc) is 1.57. The van der Waals surface area contributed by atoms with Crippen LogP contribution >= 0.6 is 33.3 Å². The van der Waals surface area contributed by atoms with E-state index in [4.69, 9.17) is 4.74 Å². The number of carbonyl (C=O) groups excluding carboxylic acids is 8. The Morgan fingerprint density at radius 2 is 1.22 bits per heavy atom. The number of Topliss-reactive ketones (excluding diaryl/α,β-unsaturated/α-hetero) is 1. The Labute approximate surface area is 613 Å². The van der Waals surface area contributed by atoms with E-state index in [1.165, 1.54) is 19.1 Å². The van der Waals surface area contributed by atoms with Crippen molar-refractivity contribution in [2.45, 2.75) is 157 Å². The number of rotatable bonds is 27. The Hall–Kier alpha value is -8.98. The first-order valence-electron chi connectivity index (χ1n) is 34.7. The van der Waals surface area contributed by atoms with Crippen LogP contribution < -0.4 is 42.5 Å². The number of aliphatic hydroxyl groups excluding tert-OH is 2. The summed E-state index contributed by atoms with van der Waals surface area (Å²) < 4.78 is 4.77. The number of thioether (sulfide) groups is 1. The smallest absolute Gasteiger partial charge is 0.407 e. The fourth-order valence-corrected chi connectivity index (χ4v) is 16.1. The van der Waals surface area contributed by atoms with Crippen molar-refractivity contribution in [2.75, 3.05) is 30.3 Å². The fraction of sp³-hybridized carbons (Fsp3) is 0.397. The van der Waals surface area contributed by atoms with Crippen LogP contribution in [0.2, 0.25) is 0 Å². The van der Waals surface area contributed by atoms with Gasteiger partial charge in [-0.3, -0.25) is 33.6 Å². The molecule has 1 saturated heterocycles. The largest absolute Gasteiger partial charge is 0.508 e. The summed E-state index contributed by atoms with van der Waals surface area (Å²) in [5.41, 5.74) is 6.33. The zero-order chi connectivity index (χ0) is 74.1. The lowest BCUT2D eigenvalue weighted by molar-refractivity contribution is -0.145. The fourth-order valence-electron chi connectivity index (χ4n) is 12.3. The Morgan fingerprint density at radius 3 is 1.83 bits per heavy atom. The Kier molecular flexibility index (Phi) is 30.2. The van der Waals surface area contributed by atoms with Crippen molar-refractivity contribution < 1.29 is 68.3 Å². The van der Waals surface area contributed by atoms with Crippen LogP contribution in [0.25, 0.3) is 5.57 Å². The number of alkyl carbamates (subject to hydrolysis) is 1. The molecule has 6 aromatic carbocycles. The zero-order valence-corrected chi connectivity index (χ0v) is 61.0. The van der Waals surface area contributed by atoms with E-state index in [1.54, 1.807) is 44.7 Å². The predicted octanol–water partition coefficient (Wildman–Crippen LogP) is 7.70. The van der Waals surface area contributed by atoms with Crippen molar-refractivity contribution in [1.82, 2.24) is 42.5 Å². The summed E-state index contributed by atoms with van der Waals surface area (Å²) in [5, 5.41) is 64.4. The number of fused-ring (bicyclic) bond motifs is 1. The maximum Gasteiger partial charge on any atom is 0.407 e. The minimum atomic E-state index is -1.85.